The van der Waals surface area contributed by atoms with Crippen LogP contribution in [-0.4, -0.2) is 19.0 Å². The molecule has 0 saturated carbocycles. The van der Waals surface area contributed by atoms with Crippen LogP contribution in [0.5, 0.6) is 0 Å². The number of nitrogens with one attached hydrogen (secondary N) is 1. The fourth-order valence-electron chi connectivity index (χ4n) is 2.92. The van der Waals surface area contributed by atoms with Gasteiger partial charge in [-0.25, -0.2) is 4.79 Å². The van der Waals surface area contributed by atoms with Crippen molar-refractivity contribution in [1.82, 2.24) is 0 Å². The molecule has 1 aliphatic carbocycles. The summed E-state index contributed by atoms with van der Waals surface area (Å²) < 4.78 is 4.86. The molecular weight excluding hydrogens is 346 g/mol. The van der Waals surface area contributed by atoms with E-state index in [1.54, 1.807) is 6.07 Å². The summed E-state index contributed by atoms with van der Waals surface area (Å²) in [7, 11) is 1.34. The number of esters is 1. The second-order valence-electron chi connectivity index (χ2n) is 7.91. The number of carbonyl (C=O) groups excluding carboxylic acids is 2. The minimum absolute atomic E-state index is 0.0560. The topological polar surface area (TPSA) is 55.4 Å². The van der Waals surface area contributed by atoms with Crippen LogP contribution in [0.2, 0.25) is 0 Å². The van der Waals surface area contributed by atoms with Gasteiger partial charge in [-0.1, -0.05) is 30.4 Å². The summed E-state index contributed by atoms with van der Waals surface area (Å²) in [4.78, 5) is 26.0. The first-order valence-electron chi connectivity index (χ1n) is 8.82. The van der Waals surface area contributed by atoms with E-state index < -0.39 is 5.97 Å². The van der Waals surface area contributed by atoms with Crippen LogP contribution in [0, 0.1) is 29.1 Å². The Morgan fingerprint density at radius 1 is 1.35 bits per heavy atom. The quantitative estimate of drug-likeness (QED) is 0.467. The SMILES string of the molecule is COC(=O)c1sc(C#CC(C)(C)C)cc1NC(=O)C1CC=C(C)CC1C. The fourth-order valence-corrected chi connectivity index (χ4v) is 3.81. The lowest BCUT2D eigenvalue weighted by atomic mass is 9.80. The molecule has 1 aromatic rings. The molecule has 0 aliphatic heterocycles. The van der Waals surface area contributed by atoms with Crippen LogP contribution >= 0.6 is 11.3 Å². The van der Waals surface area contributed by atoms with Gasteiger partial charge in [0.15, 0.2) is 0 Å². The number of anilines is 1. The van der Waals surface area contributed by atoms with Crippen molar-refractivity contribution in [2.24, 2.45) is 17.3 Å². The number of thiophene rings is 1. The van der Waals surface area contributed by atoms with Crippen molar-refractivity contribution in [3.05, 3.63) is 27.5 Å². The minimum atomic E-state index is -0.457. The normalized spacial score (nSPS) is 19.8. The molecular formula is C21H27NO3S. The van der Waals surface area contributed by atoms with Gasteiger partial charge in [-0.3, -0.25) is 4.79 Å². The summed E-state index contributed by atoms with van der Waals surface area (Å²) in [5.74, 6) is 5.92. The van der Waals surface area contributed by atoms with E-state index in [0.29, 0.717) is 10.6 Å². The molecule has 1 aliphatic rings. The number of allylic oxidation sites excluding steroid dienone is 2. The molecule has 4 nitrogen and oxygen atoms in total. The van der Waals surface area contributed by atoms with Crippen molar-refractivity contribution < 1.29 is 14.3 Å². The number of hydrogen-bond acceptors (Lipinski definition) is 4. The zero-order valence-electron chi connectivity index (χ0n) is 16.4. The van der Waals surface area contributed by atoms with Gasteiger partial charge in [0.05, 0.1) is 17.7 Å². The highest BCUT2D eigenvalue weighted by molar-refractivity contribution is 7.15. The van der Waals surface area contributed by atoms with E-state index in [4.69, 9.17) is 4.74 Å². The van der Waals surface area contributed by atoms with E-state index in [1.165, 1.54) is 24.0 Å². The molecule has 0 bridgehead atoms. The fraction of sp³-hybridized carbons (Fsp3) is 0.524. The Bertz CT molecular complexity index is 786. The molecule has 2 unspecified atom stereocenters. The van der Waals surface area contributed by atoms with Crippen LogP contribution < -0.4 is 5.32 Å². The Labute approximate surface area is 160 Å². The Balaban J connectivity index is 2.26. The monoisotopic (exact) mass is 373 g/mol. The van der Waals surface area contributed by atoms with Crippen LogP contribution in [0.3, 0.4) is 0 Å². The van der Waals surface area contributed by atoms with E-state index in [0.717, 1.165) is 17.7 Å². The molecule has 140 valence electrons. The van der Waals surface area contributed by atoms with Gasteiger partial charge in [-0.05, 0) is 52.5 Å². The standard InChI is InChI=1S/C21H27NO3S/c1-13-7-8-16(14(2)11-13)19(23)22-17-12-15(9-10-21(3,4)5)26-18(17)20(24)25-6/h7,12,14,16H,8,11H2,1-6H3,(H,22,23). The molecule has 1 heterocycles. The van der Waals surface area contributed by atoms with Crippen molar-refractivity contribution in [3.63, 3.8) is 0 Å². The van der Waals surface area contributed by atoms with Crippen LogP contribution in [-0.2, 0) is 9.53 Å². The van der Waals surface area contributed by atoms with Crippen LogP contribution in [0.1, 0.15) is 62.0 Å². The van der Waals surface area contributed by atoms with Crippen LogP contribution in [0.15, 0.2) is 17.7 Å². The predicted molar refractivity (Wildman–Crippen MR) is 106 cm³/mol. The Kier molecular flexibility index (Phi) is 6.30. The molecule has 26 heavy (non-hydrogen) atoms. The molecule has 0 spiro atoms. The summed E-state index contributed by atoms with van der Waals surface area (Å²) in [6.07, 6.45) is 3.78. The molecule has 0 saturated heterocycles. The molecule has 2 rings (SSSR count). The summed E-state index contributed by atoms with van der Waals surface area (Å²) in [6, 6.07) is 1.77. The number of rotatable bonds is 3. The van der Waals surface area contributed by atoms with E-state index in [-0.39, 0.29) is 23.2 Å². The van der Waals surface area contributed by atoms with Crippen molar-refractivity contribution in [2.45, 2.75) is 47.5 Å². The second-order valence-corrected chi connectivity index (χ2v) is 8.96. The van der Waals surface area contributed by atoms with Crippen molar-refractivity contribution in [1.29, 1.82) is 0 Å². The van der Waals surface area contributed by atoms with Gasteiger partial charge in [-0.15, -0.1) is 11.3 Å². The first-order valence-corrected chi connectivity index (χ1v) is 9.64. The average Bonchev–Trinajstić information content (AvgIpc) is 2.94. The second kappa shape index (κ2) is 8.09. The molecule has 1 N–H and O–H groups in total. The number of hydrogen-bond donors (Lipinski definition) is 1. The number of carbonyl (C=O) groups is 2. The van der Waals surface area contributed by atoms with Gasteiger partial charge in [-0.2, -0.15) is 0 Å². The maximum absolute atomic E-state index is 12.8. The van der Waals surface area contributed by atoms with Gasteiger partial charge < -0.3 is 10.1 Å². The third kappa shape index (κ3) is 5.22. The molecule has 0 fully saturated rings. The maximum Gasteiger partial charge on any atom is 0.350 e. The lowest BCUT2D eigenvalue weighted by molar-refractivity contribution is -0.121. The van der Waals surface area contributed by atoms with Gasteiger partial charge in [0.2, 0.25) is 5.91 Å². The predicted octanol–water partition coefficient (Wildman–Crippen LogP) is 4.86. The first-order chi connectivity index (χ1) is 12.1. The van der Waals surface area contributed by atoms with Crippen molar-refractivity contribution >= 4 is 28.9 Å². The largest absolute Gasteiger partial charge is 0.465 e. The third-order valence-corrected chi connectivity index (χ3v) is 5.34. The zero-order valence-corrected chi connectivity index (χ0v) is 17.2. The summed E-state index contributed by atoms with van der Waals surface area (Å²) in [5.41, 5.74) is 1.68. The smallest absolute Gasteiger partial charge is 0.350 e. The van der Waals surface area contributed by atoms with Gasteiger partial charge in [0, 0.05) is 11.3 Å². The molecule has 5 heteroatoms. The lowest BCUT2D eigenvalue weighted by Gasteiger charge is -2.26. The highest BCUT2D eigenvalue weighted by Gasteiger charge is 2.29. The maximum atomic E-state index is 12.8. The molecule has 0 radical (unpaired) electrons. The van der Waals surface area contributed by atoms with Gasteiger partial charge in [0.1, 0.15) is 4.88 Å². The Hall–Kier alpha value is -2.06. The zero-order chi connectivity index (χ0) is 19.5. The van der Waals surface area contributed by atoms with Gasteiger partial charge >= 0.3 is 5.97 Å². The highest BCUT2D eigenvalue weighted by atomic mass is 32.1. The molecule has 2 atom stereocenters. The van der Waals surface area contributed by atoms with Crippen LogP contribution in [0.25, 0.3) is 0 Å². The molecule has 1 aromatic heterocycles. The summed E-state index contributed by atoms with van der Waals surface area (Å²) >= 11 is 1.25. The average molecular weight is 374 g/mol. The lowest BCUT2D eigenvalue weighted by Crippen LogP contribution is -2.30. The van der Waals surface area contributed by atoms with E-state index in [1.807, 2.05) is 20.8 Å². The van der Waals surface area contributed by atoms with E-state index in [9.17, 15) is 9.59 Å². The number of methoxy groups -OCH3 is 1. The van der Waals surface area contributed by atoms with Crippen LogP contribution in [0.4, 0.5) is 5.69 Å². The Morgan fingerprint density at radius 3 is 2.62 bits per heavy atom. The summed E-state index contributed by atoms with van der Waals surface area (Å²) in [6.45, 7) is 10.3. The third-order valence-electron chi connectivity index (χ3n) is 4.31. The summed E-state index contributed by atoms with van der Waals surface area (Å²) in [5, 5.41) is 2.93. The van der Waals surface area contributed by atoms with E-state index in [2.05, 4.69) is 37.1 Å². The minimum Gasteiger partial charge on any atom is -0.465 e. The van der Waals surface area contributed by atoms with E-state index >= 15 is 0 Å². The number of amides is 1. The van der Waals surface area contributed by atoms with Crippen molar-refractivity contribution in [3.8, 4) is 11.8 Å². The van der Waals surface area contributed by atoms with Gasteiger partial charge in [0.25, 0.3) is 0 Å². The molecule has 1 amide bonds. The first kappa shape index (κ1) is 20.3. The Morgan fingerprint density at radius 2 is 2.04 bits per heavy atom. The number of ether oxygens (including phenoxy) is 1. The van der Waals surface area contributed by atoms with Crippen molar-refractivity contribution in [2.75, 3.05) is 12.4 Å². The molecule has 0 aromatic carbocycles. The highest BCUT2D eigenvalue weighted by Crippen LogP contribution is 2.32.